The molecule has 4 rings (SSSR count). The van der Waals surface area contributed by atoms with Crippen LogP contribution in [0.2, 0.25) is 0 Å². The first kappa shape index (κ1) is 16.1. The first-order valence-electron chi connectivity index (χ1n) is 9.44. The number of amides is 1. The zero-order valence-corrected chi connectivity index (χ0v) is 14.4. The lowest BCUT2D eigenvalue weighted by Crippen LogP contribution is -2.67. The highest BCUT2D eigenvalue weighted by Crippen LogP contribution is 2.53. The van der Waals surface area contributed by atoms with E-state index in [1.807, 2.05) is 0 Å². The lowest BCUT2D eigenvalue weighted by atomic mass is 9.62. The molecule has 2 saturated heterocycles. The van der Waals surface area contributed by atoms with E-state index in [4.69, 9.17) is 4.74 Å². The highest BCUT2D eigenvalue weighted by atomic mass is 16.5. The number of nitrogens with zero attached hydrogens (tertiary/aromatic N) is 1. The quantitative estimate of drug-likeness (QED) is 0.903. The molecule has 1 aromatic rings. The van der Waals surface area contributed by atoms with Crippen LogP contribution in [-0.2, 0) is 15.1 Å². The van der Waals surface area contributed by atoms with Crippen molar-refractivity contribution in [2.45, 2.75) is 37.6 Å². The number of rotatable bonds is 5. The van der Waals surface area contributed by atoms with Gasteiger partial charge in [-0.05, 0) is 30.7 Å². The van der Waals surface area contributed by atoms with Crippen LogP contribution in [0, 0.1) is 11.8 Å². The Kier molecular flexibility index (Phi) is 4.59. The molecule has 3 unspecified atom stereocenters. The van der Waals surface area contributed by atoms with Gasteiger partial charge in [-0.1, -0.05) is 43.2 Å². The minimum Gasteiger partial charge on any atom is -0.381 e. The van der Waals surface area contributed by atoms with Crippen LogP contribution >= 0.6 is 0 Å². The molecule has 130 valence electrons. The topological polar surface area (TPSA) is 41.6 Å². The maximum Gasteiger partial charge on any atom is 0.234 e. The van der Waals surface area contributed by atoms with E-state index in [-0.39, 0.29) is 11.4 Å². The maximum absolute atomic E-state index is 12.5. The maximum atomic E-state index is 12.5. The highest BCUT2D eigenvalue weighted by molar-refractivity contribution is 5.78. The third kappa shape index (κ3) is 2.86. The van der Waals surface area contributed by atoms with E-state index in [0.29, 0.717) is 18.4 Å². The molecule has 1 saturated carbocycles. The molecule has 3 aliphatic rings. The van der Waals surface area contributed by atoms with Gasteiger partial charge in [-0.2, -0.15) is 0 Å². The van der Waals surface area contributed by atoms with Crippen molar-refractivity contribution < 1.29 is 9.53 Å². The Morgan fingerprint density at radius 1 is 1.25 bits per heavy atom. The van der Waals surface area contributed by atoms with Crippen LogP contribution in [0.25, 0.3) is 0 Å². The van der Waals surface area contributed by atoms with Crippen LogP contribution in [0.5, 0.6) is 0 Å². The Labute approximate surface area is 144 Å². The standard InChI is InChI=1S/C20H28N2O2/c23-19(21-12-16-9-11-24-15-16)14-22-13-18-8-4-5-10-20(18,22)17-6-2-1-3-7-17/h1-3,6-7,16,18H,4-5,8-15H2,(H,21,23). The third-order valence-corrected chi connectivity index (χ3v) is 6.26. The average molecular weight is 328 g/mol. The molecule has 0 radical (unpaired) electrons. The summed E-state index contributed by atoms with van der Waals surface area (Å²) in [5, 5.41) is 3.13. The SMILES string of the molecule is O=C(CN1CC2CCCCC21c1ccccc1)NCC1CCOC1. The van der Waals surface area contributed by atoms with Crippen molar-refractivity contribution in [1.29, 1.82) is 0 Å². The Balaban J connectivity index is 1.41. The second-order valence-electron chi connectivity index (χ2n) is 7.65. The molecule has 1 amide bonds. The average Bonchev–Trinajstić information content (AvgIpc) is 3.12. The molecular weight excluding hydrogens is 300 g/mol. The highest BCUT2D eigenvalue weighted by Gasteiger charge is 2.55. The van der Waals surface area contributed by atoms with Crippen LogP contribution in [0.4, 0.5) is 0 Å². The molecular formula is C20H28N2O2. The van der Waals surface area contributed by atoms with Crippen molar-refractivity contribution in [3.05, 3.63) is 35.9 Å². The molecule has 4 heteroatoms. The van der Waals surface area contributed by atoms with Gasteiger partial charge in [-0.25, -0.2) is 0 Å². The summed E-state index contributed by atoms with van der Waals surface area (Å²) < 4.78 is 5.39. The van der Waals surface area contributed by atoms with Gasteiger partial charge in [0.25, 0.3) is 0 Å². The predicted molar refractivity (Wildman–Crippen MR) is 93.6 cm³/mol. The van der Waals surface area contributed by atoms with Crippen LogP contribution in [0.1, 0.15) is 37.7 Å². The number of ether oxygens (including phenoxy) is 1. The Bertz CT molecular complexity index is 570. The van der Waals surface area contributed by atoms with Crippen molar-refractivity contribution in [3.63, 3.8) is 0 Å². The van der Waals surface area contributed by atoms with Crippen LogP contribution in [-0.4, -0.2) is 43.7 Å². The van der Waals surface area contributed by atoms with E-state index >= 15 is 0 Å². The fourth-order valence-electron chi connectivity index (χ4n) is 4.93. The zero-order chi connectivity index (χ0) is 16.4. The van der Waals surface area contributed by atoms with Crippen molar-refractivity contribution >= 4 is 5.91 Å². The molecule has 0 spiro atoms. The summed E-state index contributed by atoms with van der Waals surface area (Å²) in [5.74, 6) is 1.38. The number of hydrogen-bond acceptors (Lipinski definition) is 3. The molecule has 1 aliphatic carbocycles. The zero-order valence-electron chi connectivity index (χ0n) is 14.4. The molecule has 2 heterocycles. The summed E-state index contributed by atoms with van der Waals surface area (Å²) in [6.45, 7) is 3.98. The molecule has 2 aliphatic heterocycles. The van der Waals surface area contributed by atoms with E-state index in [0.717, 1.165) is 32.7 Å². The lowest BCUT2D eigenvalue weighted by molar-refractivity contribution is -0.142. The number of fused-ring (bicyclic) bond motifs is 1. The second-order valence-corrected chi connectivity index (χ2v) is 7.65. The summed E-state index contributed by atoms with van der Waals surface area (Å²) in [7, 11) is 0. The van der Waals surface area contributed by atoms with E-state index < -0.39 is 0 Å². The van der Waals surface area contributed by atoms with E-state index in [9.17, 15) is 4.79 Å². The summed E-state index contributed by atoms with van der Waals surface area (Å²) >= 11 is 0. The van der Waals surface area contributed by atoms with E-state index in [1.165, 1.54) is 31.2 Å². The van der Waals surface area contributed by atoms with Gasteiger partial charge in [-0.15, -0.1) is 0 Å². The van der Waals surface area contributed by atoms with Crippen molar-refractivity contribution in [3.8, 4) is 0 Å². The van der Waals surface area contributed by atoms with Gasteiger partial charge in [0, 0.05) is 25.6 Å². The molecule has 1 N–H and O–H groups in total. The van der Waals surface area contributed by atoms with Crippen LogP contribution in [0.15, 0.2) is 30.3 Å². The molecule has 3 atom stereocenters. The normalized spacial score (nSPS) is 32.8. The van der Waals surface area contributed by atoms with Crippen molar-refractivity contribution in [2.75, 3.05) is 32.8 Å². The monoisotopic (exact) mass is 328 g/mol. The van der Waals surface area contributed by atoms with Gasteiger partial charge in [0.15, 0.2) is 0 Å². The largest absolute Gasteiger partial charge is 0.381 e. The minimum atomic E-state index is 0.104. The lowest BCUT2D eigenvalue weighted by Gasteiger charge is -2.61. The molecule has 0 bridgehead atoms. The van der Waals surface area contributed by atoms with Gasteiger partial charge >= 0.3 is 0 Å². The summed E-state index contributed by atoms with van der Waals surface area (Å²) in [5.41, 5.74) is 1.51. The molecule has 3 fully saturated rings. The minimum absolute atomic E-state index is 0.104. The number of nitrogens with one attached hydrogen (secondary N) is 1. The van der Waals surface area contributed by atoms with Crippen LogP contribution in [0.3, 0.4) is 0 Å². The number of benzene rings is 1. The van der Waals surface area contributed by atoms with E-state index in [2.05, 4.69) is 40.5 Å². The Morgan fingerprint density at radius 3 is 2.88 bits per heavy atom. The second kappa shape index (κ2) is 6.85. The van der Waals surface area contributed by atoms with Gasteiger partial charge in [0.1, 0.15) is 0 Å². The number of carbonyl (C=O) groups excluding carboxylic acids is 1. The Morgan fingerprint density at radius 2 is 2.12 bits per heavy atom. The number of hydrogen-bond donors (Lipinski definition) is 1. The van der Waals surface area contributed by atoms with E-state index in [1.54, 1.807) is 0 Å². The first-order valence-corrected chi connectivity index (χ1v) is 9.44. The fourth-order valence-corrected chi connectivity index (χ4v) is 4.93. The van der Waals surface area contributed by atoms with Gasteiger partial charge in [0.05, 0.1) is 18.7 Å². The first-order chi connectivity index (χ1) is 11.8. The Hall–Kier alpha value is -1.39. The summed E-state index contributed by atoms with van der Waals surface area (Å²) in [4.78, 5) is 14.9. The van der Waals surface area contributed by atoms with Gasteiger partial charge in [-0.3, -0.25) is 9.69 Å². The summed E-state index contributed by atoms with van der Waals surface area (Å²) in [6.07, 6.45) is 6.15. The number of likely N-dealkylation sites (tertiary alicyclic amines) is 1. The fraction of sp³-hybridized carbons (Fsp3) is 0.650. The molecule has 1 aromatic carbocycles. The van der Waals surface area contributed by atoms with Crippen molar-refractivity contribution in [2.24, 2.45) is 11.8 Å². The van der Waals surface area contributed by atoms with Crippen molar-refractivity contribution in [1.82, 2.24) is 10.2 Å². The van der Waals surface area contributed by atoms with Crippen LogP contribution < -0.4 is 5.32 Å². The molecule has 24 heavy (non-hydrogen) atoms. The third-order valence-electron chi connectivity index (χ3n) is 6.26. The van der Waals surface area contributed by atoms with Gasteiger partial charge < -0.3 is 10.1 Å². The molecule has 0 aromatic heterocycles. The van der Waals surface area contributed by atoms with Gasteiger partial charge in [0.2, 0.25) is 5.91 Å². The predicted octanol–water partition coefficient (Wildman–Crippen LogP) is 2.54. The molecule has 4 nitrogen and oxygen atoms in total. The summed E-state index contributed by atoms with van der Waals surface area (Å²) in [6, 6.07) is 10.8. The number of carbonyl (C=O) groups is 1. The smallest absolute Gasteiger partial charge is 0.234 e.